The van der Waals surface area contributed by atoms with E-state index in [4.69, 9.17) is 0 Å². The van der Waals surface area contributed by atoms with Crippen LogP contribution in [0.15, 0.2) is 78.9 Å². The molecule has 0 aliphatic rings. The Morgan fingerprint density at radius 1 is 0.840 bits per heavy atom. The minimum atomic E-state index is -2.13. The zero-order valence-corrected chi connectivity index (χ0v) is 13.1. The van der Waals surface area contributed by atoms with Gasteiger partial charge in [-0.25, -0.2) is 8.78 Å². The number of aliphatic hydroxyl groups is 1. The third-order valence-corrected chi connectivity index (χ3v) is 3.80. The van der Waals surface area contributed by atoms with Crippen LogP contribution in [0.5, 0.6) is 0 Å². The van der Waals surface area contributed by atoms with Crippen LogP contribution >= 0.6 is 0 Å². The standard InChI is InChI=1S/C20H15F2NO2/c21-17-12-11-16(13-18(17)22)23-20(25,15-9-5-2-6-10-15)19(24)14-7-3-1-4-8-14/h1-13,23,25H. The Kier molecular flexibility index (Phi) is 4.59. The van der Waals surface area contributed by atoms with Crippen molar-refractivity contribution in [3.8, 4) is 0 Å². The van der Waals surface area contributed by atoms with Crippen LogP contribution in [0.4, 0.5) is 14.5 Å². The molecular formula is C20H15F2NO2. The molecule has 25 heavy (non-hydrogen) atoms. The first-order valence-corrected chi connectivity index (χ1v) is 7.62. The first kappa shape index (κ1) is 16.8. The van der Waals surface area contributed by atoms with Crippen molar-refractivity contribution >= 4 is 11.5 Å². The molecule has 0 fully saturated rings. The molecule has 0 heterocycles. The molecule has 0 saturated carbocycles. The number of anilines is 1. The molecule has 0 bridgehead atoms. The number of benzene rings is 3. The number of Topliss-reactive ketones (excluding diaryl/α,β-unsaturated/α-hetero) is 1. The zero-order chi connectivity index (χ0) is 17.9. The van der Waals surface area contributed by atoms with Crippen LogP contribution in [0.2, 0.25) is 0 Å². The average molecular weight is 339 g/mol. The number of halogens is 2. The minimum Gasteiger partial charge on any atom is -0.361 e. The quantitative estimate of drug-likeness (QED) is 0.543. The van der Waals surface area contributed by atoms with Gasteiger partial charge in [-0.3, -0.25) is 4.79 Å². The first-order valence-electron chi connectivity index (χ1n) is 7.62. The average Bonchev–Trinajstić information content (AvgIpc) is 2.65. The van der Waals surface area contributed by atoms with Crippen LogP contribution in [-0.4, -0.2) is 10.9 Å². The molecule has 0 amide bonds. The zero-order valence-electron chi connectivity index (χ0n) is 13.1. The predicted octanol–water partition coefficient (Wildman–Crippen LogP) is 4.10. The molecule has 126 valence electrons. The fraction of sp³-hybridized carbons (Fsp3) is 0.0500. The van der Waals surface area contributed by atoms with Gasteiger partial charge in [0.25, 0.3) is 0 Å². The second kappa shape index (κ2) is 6.83. The highest BCUT2D eigenvalue weighted by Crippen LogP contribution is 2.28. The van der Waals surface area contributed by atoms with Gasteiger partial charge in [0.2, 0.25) is 11.5 Å². The van der Waals surface area contributed by atoms with E-state index in [0.717, 1.165) is 12.1 Å². The van der Waals surface area contributed by atoms with Gasteiger partial charge in [-0.15, -0.1) is 0 Å². The van der Waals surface area contributed by atoms with Crippen molar-refractivity contribution in [1.82, 2.24) is 0 Å². The molecule has 0 aliphatic heterocycles. The Balaban J connectivity index is 2.06. The molecule has 3 nitrogen and oxygen atoms in total. The third kappa shape index (κ3) is 3.41. The third-order valence-electron chi connectivity index (χ3n) is 3.80. The van der Waals surface area contributed by atoms with Gasteiger partial charge in [-0.2, -0.15) is 0 Å². The molecule has 5 heteroatoms. The molecule has 3 aromatic rings. The highest BCUT2D eigenvalue weighted by Gasteiger charge is 2.38. The molecule has 1 atom stereocenters. The highest BCUT2D eigenvalue weighted by molar-refractivity contribution is 6.04. The van der Waals surface area contributed by atoms with E-state index in [1.54, 1.807) is 60.7 Å². The maximum absolute atomic E-state index is 13.5. The number of carbonyl (C=O) groups is 1. The number of hydrogen-bond acceptors (Lipinski definition) is 3. The Bertz CT molecular complexity index is 885. The largest absolute Gasteiger partial charge is 0.361 e. The van der Waals surface area contributed by atoms with E-state index in [0.29, 0.717) is 0 Å². The fourth-order valence-electron chi connectivity index (χ4n) is 2.52. The molecule has 0 spiro atoms. The van der Waals surface area contributed by atoms with E-state index in [1.807, 2.05) is 0 Å². The highest BCUT2D eigenvalue weighted by atomic mass is 19.2. The summed E-state index contributed by atoms with van der Waals surface area (Å²) in [4.78, 5) is 12.9. The van der Waals surface area contributed by atoms with E-state index in [2.05, 4.69) is 5.32 Å². The van der Waals surface area contributed by atoms with E-state index in [9.17, 15) is 18.7 Å². The summed E-state index contributed by atoms with van der Waals surface area (Å²) in [6.45, 7) is 0. The van der Waals surface area contributed by atoms with Crippen LogP contribution in [0.25, 0.3) is 0 Å². The Morgan fingerprint density at radius 3 is 2.04 bits per heavy atom. The van der Waals surface area contributed by atoms with E-state index < -0.39 is 23.1 Å². The van der Waals surface area contributed by atoms with Gasteiger partial charge < -0.3 is 10.4 Å². The lowest BCUT2D eigenvalue weighted by Crippen LogP contribution is -2.43. The van der Waals surface area contributed by atoms with Gasteiger partial charge in [0.1, 0.15) is 0 Å². The van der Waals surface area contributed by atoms with E-state index in [1.165, 1.54) is 6.07 Å². The first-order chi connectivity index (χ1) is 12.0. The van der Waals surface area contributed by atoms with Gasteiger partial charge >= 0.3 is 0 Å². The van der Waals surface area contributed by atoms with Crippen LogP contribution in [-0.2, 0) is 5.72 Å². The van der Waals surface area contributed by atoms with Crippen LogP contribution in [0.1, 0.15) is 15.9 Å². The maximum atomic E-state index is 13.5. The number of carbonyl (C=O) groups excluding carboxylic acids is 1. The topological polar surface area (TPSA) is 49.3 Å². The number of ketones is 1. The SMILES string of the molecule is O=C(c1ccccc1)C(O)(Nc1ccc(F)c(F)c1)c1ccccc1. The monoisotopic (exact) mass is 339 g/mol. The predicted molar refractivity (Wildman–Crippen MR) is 91.1 cm³/mol. The normalized spacial score (nSPS) is 13.1. The summed E-state index contributed by atoms with van der Waals surface area (Å²) in [5, 5.41) is 13.8. The summed E-state index contributed by atoms with van der Waals surface area (Å²) < 4.78 is 26.6. The Morgan fingerprint density at radius 2 is 1.44 bits per heavy atom. The fourth-order valence-corrected chi connectivity index (χ4v) is 2.52. The summed E-state index contributed by atoms with van der Waals surface area (Å²) in [6.07, 6.45) is 0. The minimum absolute atomic E-state index is 0.0783. The second-order valence-electron chi connectivity index (χ2n) is 5.53. The lowest BCUT2D eigenvalue weighted by atomic mass is 9.93. The van der Waals surface area contributed by atoms with Crippen LogP contribution in [0.3, 0.4) is 0 Å². The smallest absolute Gasteiger partial charge is 0.227 e. The van der Waals surface area contributed by atoms with Crippen molar-refractivity contribution in [3.63, 3.8) is 0 Å². The van der Waals surface area contributed by atoms with E-state index >= 15 is 0 Å². The molecule has 3 rings (SSSR count). The number of rotatable bonds is 5. The molecule has 1 unspecified atom stereocenters. The van der Waals surface area contributed by atoms with Crippen molar-refractivity contribution < 1.29 is 18.7 Å². The Labute approximate surface area is 143 Å². The van der Waals surface area contributed by atoms with Crippen LogP contribution in [0, 0.1) is 11.6 Å². The van der Waals surface area contributed by atoms with Gasteiger partial charge in [-0.1, -0.05) is 60.7 Å². The maximum Gasteiger partial charge on any atom is 0.227 e. The van der Waals surface area contributed by atoms with Crippen LogP contribution < -0.4 is 5.32 Å². The lowest BCUT2D eigenvalue weighted by Gasteiger charge is -2.29. The van der Waals surface area contributed by atoms with Gasteiger partial charge in [-0.05, 0) is 12.1 Å². The lowest BCUT2D eigenvalue weighted by molar-refractivity contribution is 0.0435. The van der Waals surface area contributed by atoms with E-state index in [-0.39, 0.29) is 16.8 Å². The summed E-state index contributed by atoms with van der Waals surface area (Å²) in [6, 6.07) is 19.6. The van der Waals surface area contributed by atoms with Gasteiger partial charge in [0.15, 0.2) is 11.6 Å². The van der Waals surface area contributed by atoms with Crippen molar-refractivity contribution in [3.05, 3.63) is 102 Å². The Hall–Kier alpha value is -3.05. The molecule has 0 aliphatic carbocycles. The van der Waals surface area contributed by atoms with Crippen molar-refractivity contribution in [2.45, 2.75) is 5.72 Å². The second-order valence-corrected chi connectivity index (χ2v) is 5.53. The molecule has 0 aromatic heterocycles. The number of nitrogens with one attached hydrogen (secondary N) is 1. The molecule has 3 aromatic carbocycles. The summed E-state index contributed by atoms with van der Waals surface area (Å²) in [5.74, 6) is -2.69. The number of hydrogen-bond donors (Lipinski definition) is 2. The molecule has 0 saturated heterocycles. The van der Waals surface area contributed by atoms with Crippen molar-refractivity contribution in [2.75, 3.05) is 5.32 Å². The molecule has 0 radical (unpaired) electrons. The van der Waals surface area contributed by atoms with Gasteiger partial charge in [0.05, 0.1) is 0 Å². The van der Waals surface area contributed by atoms with Crippen molar-refractivity contribution in [2.24, 2.45) is 0 Å². The van der Waals surface area contributed by atoms with Gasteiger partial charge in [0, 0.05) is 22.9 Å². The summed E-state index contributed by atoms with van der Waals surface area (Å²) >= 11 is 0. The molecular weight excluding hydrogens is 324 g/mol. The summed E-state index contributed by atoms with van der Waals surface area (Å²) in [5.41, 5.74) is -1.49. The summed E-state index contributed by atoms with van der Waals surface area (Å²) in [7, 11) is 0. The van der Waals surface area contributed by atoms with Crippen molar-refractivity contribution in [1.29, 1.82) is 0 Å². The molecule has 2 N–H and O–H groups in total.